The maximum atomic E-state index is 10.0. The van der Waals surface area contributed by atoms with E-state index in [0.717, 1.165) is 6.08 Å². The molecule has 0 aromatic heterocycles. The lowest BCUT2D eigenvalue weighted by Crippen LogP contribution is -2.19. The molecule has 0 saturated carbocycles. The van der Waals surface area contributed by atoms with Crippen molar-refractivity contribution in [3.8, 4) is 6.07 Å². The summed E-state index contributed by atoms with van der Waals surface area (Å²) in [6, 6.07) is 2.02. The maximum Gasteiger partial charge on any atom is 0.328 e. The van der Waals surface area contributed by atoms with Crippen LogP contribution in [0, 0.1) is 11.3 Å². The van der Waals surface area contributed by atoms with Gasteiger partial charge < -0.3 is 10.0 Å². The number of aliphatic carboxylic acids is 1. The van der Waals surface area contributed by atoms with Crippen molar-refractivity contribution in [2.75, 3.05) is 20.1 Å². The van der Waals surface area contributed by atoms with Crippen LogP contribution in [0.3, 0.4) is 0 Å². The van der Waals surface area contributed by atoms with E-state index in [2.05, 4.69) is 0 Å². The molecule has 0 rings (SSSR count). The van der Waals surface area contributed by atoms with Crippen molar-refractivity contribution in [2.24, 2.45) is 0 Å². The third kappa shape index (κ3) is 6.78. The molecule has 12 heavy (non-hydrogen) atoms. The van der Waals surface area contributed by atoms with Gasteiger partial charge in [-0.15, -0.1) is 0 Å². The van der Waals surface area contributed by atoms with Gasteiger partial charge in [0, 0.05) is 25.6 Å². The number of rotatable bonds is 5. The number of hydrogen-bond acceptors (Lipinski definition) is 3. The summed E-state index contributed by atoms with van der Waals surface area (Å²) in [5, 5.41) is 16.5. The Hall–Kier alpha value is -1.34. The minimum atomic E-state index is -0.941. The smallest absolute Gasteiger partial charge is 0.328 e. The standard InChI is InChI=1S/C8H12N2O2/c1-10(7-3-5-9)6-2-4-8(11)12/h2,4H,3,6-7H2,1H3,(H,11,12). The van der Waals surface area contributed by atoms with Crippen molar-refractivity contribution in [3.63, 3.8) is 0 Å². The van der Waals surface area contributed by atoms with Gasteiger partial charge in [0.1, 0.15) is 0 Å². The predicted octanol–water partition coefficient (Wildman–Crippen LogP) is 0.473. The van der Waals surface area contributed by atoms with E-state index in [1.165, 1.54) is 0 Å². The van der Waals surface area contributed by atoms with Crippen LogP contribution < -0.4 is 0 Å². The van der Waals surface area contributed by atoms with Crippen LogP contribution in [0.2, 0.25) is 0 Å². The molecular weight excluding hydrogens is 156 g/mol. The highest BCUT2D eigenvalue weighted by molar-refractivity contribution is 5.79. The first-order chi connectivity index (χ1) is 5.66. The zero-order valence-electron chi connectivity index (χ0n) is 7.03. The minimum absolute atomic E-state index is 0.470. The van der Waals surface area contributed by atoms with E-state index in [-0.39, 0.29) is 0 Å². The van der Waals surface area contributed by atoms with Crippen molar-refractivity contribution >= 4 is 5.97 Å². The van der Waals surface area contributed by atoms with Gasteiger partial charge in [0.05, 0.1) is 6.07 Å². The molecule has 66 valence electrons. The molecule has 1 N–H and O–H groups in total. The Bertz CT molecular complexity index is 206. The van der Waals surface area contributed by atoms with Gasteiger partial charge in [-0.1, -0.05) is 6.08 Å². The highest BCUT2D eigenvalue weighted by Crippen LogP contribution is 1.86. The van der Waals surface area contributed by atoms with Gasteiger partial charge in [-0.2, -0.15) is 5.26 Å². The van der Waals surface area contributed by atoms with E-state index in [0.29, 0.717) is 19.5 Å². The summed E-state index contributed by atoms with van der Waals surface area (Å²) in [4.78, 5) is 11.9. The summed E-state index contributed by atoms with van der Waals surface area (Å²) in [5.41, 5.74) is 0. The Labute approximate surface area is 71.7 Å². The normalized spacial score (nSPS) is 10.4. The SMILES string of the molecule is CN(CC=CC(=O)O)CCC#N. The number of nitrogens with zero attached hydrogens (tertiary/aromatic N) is 2. The maximum absolute atomic E-state index is 10.0. The first-order valence-corrected chi connectivity index (χ1v) is 3.61. The molecule has 0 atom stereocenters. The molecule has 0 radical (unpaired) electrons. The molecule has 0 fully saturated rings. The van der Waals surface area contributed by atoms with Gasteiger partial charge in [0.15, 0.2) is 0 Å². The quantitative estimate of drug-likeness (QED) is 0.606. The summed E-state index contributed by atoms with van der Waals surface area (Å²) in [6.45, 7) is 1.23. The molecule has 0 aliphatic heterocycles. The molecule has 0 aromatic carbocycles. The topological polar surface area (TPSA) is 64.3 Å². The van der Waals surface area contributed by atoms with Crippen molar-refractivity contribution in [1.29, 1.82) is 5.26 Å². The Morgan fingerprint density at radius 1 is 1.75 bits per heavy atom. The first kappa shape index (κ1) is 10.7. The third-order valence-corrected chi connectivity index (χ3v) is 1.28. The lowest BCUT2D eigenvalue weighted by molar-refractivity contribution is -0.131. The molecule has 0 heterocycles. The fourth-order valence-corrected chi connectivity index (χ4v) is 0.666. The average Bonchev–Trinajstić information content (AvgIpc) is 2.00. The predicted molar refractivity (Wildman–Crippen MR) is 44.5 cm³/mol. The summed E-state index contributed by atoms with van der Waals surface area (Å²) in [7, 11) is 1.84. The first-order valence-electron chi connectivity index (χ1n) is 3.61. The Kier molecular flexibility index (Phi) is 5.66. The zero-order chi connectivity index (χ0) is 9.40. The second kappa shape index (κ2) is 6.38. The highest BCUT2D eigenvalue weighted by Gasteiger charge is 1.93. The number of hydrogen-bond donors (Lipinski definition) is 1. The van der Waals surface area contributed by atoms with Crippen molar-refractivity contribution in [2.45, 2.75) is 6.42 Å². The third-order valence-electron chi connectivity index (χ3n) is 1.28. The van der Waals surface area contributed by atoms with Crippen LogP contribution >= 0.6 is 0 Å². The molecule has 0 aliphatic carbocycles. The van der Waals surface area contributed by atoms with Gasteiger partial charge in [-0.3, -0.25) is 0 Å². The molecular formula is C8H12N2O2. The number of likely N-dealkylation sites (N-methyl/N-ethyl adjacent to an activating group) is 1. The van der Waals surface area contributed by atoms with Crippen LogP contribution in [-0.4, -0.2) is 36.1 Å². The molecule has 4 heteroatoms. The summed E-state index contributed by atoms with van der Waals surface area (Å²) in [6.07, 6.45) is 3.12. The van der Waals surface area contributed by atoms with Crippen LogP contribution in [0.1, 0.15) is 6.42 Å². The zero-order valence-corrected chi connectivity index (χ0v) is 7.03. The number of carbonyl (C=O) groups is 1. The van der Waals surface area contributed by atoms with Crippen LogP contribution in [0.4, 0.5) is 0 Å². The Balaban J connectivity index is 3.50. The van der Waals surface area contributed by atoms with Gasteiger partial charge in [-0.05, 0) is 7.05 Å². The largest absolute Gasteiger partial charge is 0.478 e. The second-order valence-electron chi connectivity index (χ2n) is 2.41. The Morgan fingerprint density at radius 3 is 2.92 bits per heavy atom. The van der Waals surface area contributed by atoms with E-state index in [1.807, 2.05) is 18.0 Å². The lowest BCUT2D eigenvalue weighted by Gasteiger charge is -2.10. The minimum Gasteiger partial charge on any atom is -0.478 e. The van der Waals surface area contributed by atoms with E-state index in [1.54, 1.807) is 6.08 Å². The van der Waals surface area contributed by atoms with Crippen molar-refractivity contribution in [1.82, 2.24) is 4.90 Å². The number of carboxylic acids is 1. The fourth-order valence-electron chi connectivity index (χ4n) is 0.666. The second-order valence-corrected chi connectivity index (χ2v) is 2.41. The molecule has 0 saturated heterocycles. The van der Waals surface area contributed by atoms with Gasteiger partial charge >= 0.3 is 5.97 Å². The molecule has 0 amide bonds. The van der Waals surface area contributed by atoms with Crippen LogP contribution in [0.15, 0.2) is 12.2 Å². The van der Waals surface area contributed by atoms with Gasteiger partial charge in [0.25, 0.3) is 0 Å². The average molecular weight is 168 g/mol. The summed E-state index contributed by atoms with van der Waals surface area (Å²) >= 11 is 0. The monoisotopic (exact) mass is 168 g/mol. The van der Waals surface area contributed by atoms with E-state index in [9.17, 15) is 4.79 Å². The van der Waals surface area contributed by atoms with Crippen LogP contribution in [-0.2, 0) is 4.79 Å². The van der Waals surface area contributed by atoms with Gasteiger partial charge in [0.2, 0.25) is 0 Å². The van der Waals surface area contributed by atoms with Crippen LogP contribution in [0.25, 0.3) is 0 Å². The molecule has 0 aliphatic rings. The summed E-state index contributed by atoms with van der Waals surface area (Å²) in [5.74, 6) is -0.941. The Morgan fingerprint density at radius 2 is 2.42 bits per heavy atom. The molecule has 0 aromatic rings. The van der Waals surface area contributed by atoms with Crippen LogP contribution in [0.5, 0.6) is 0 Å². The molecule has 4 nitrogen and oxygen atoms in total. The fraction of sp³-hybridized carbons (Fsp3) is 0.500. The van der Waals surface area contributed by atoms with Gasteiger partial charge in [-0.25, -0.2) is 4.79 Å². The molecule has 0 bridgehead atoms. The van der Waals surface area contributed by atoms with Crippen molar-refractivity contribution < 1.29 is 9.90 Å². The lowest BCUT2D eigenvalue weighted by atomic mass is 10.4. The van der Waals surface area contributed by atoms with Crippen molar-refractivity contribution in [3.05, 3.63) is 12.2 Å². The van der Waals surface area contributed by atoms with E-state index in [4.69, 9.17) is 10.4 Å². The van der Waals surface area contributed by atoms with E-state index < -0.39 is 5.97 Å². The molecule has 0 spiro atoms. The highest BCUT2D eigenvalue weighted by atomic mass is 16.4. The number of nitriles is 1. The number of carboxylic acid groups (broad SMARTS) is 1. The molecule has 0 unspecified atom stereocenters. The van der Waals surface area contributed by atoms with E-state index >= 15 is 0 Å². The summed E-state index contributed by atoms with van der Waals surface area (Å²) < 4.78 is 0.